The zero-order chi connectivity index (χ0) is 24.1. The fourth-order valence-electron chi connectivity index (χ4n) is 5.32. The zero-order valence-corrected chi connectivity index (χ0v) is 20.1. The quantitative estimate of drug-likeness (QED) is 0.533. The second-order valence-corrected chi connectivity index (χ2v) is 9.36. The summed E-state index contributed by atoms with van der Waals surface area (Å²) in [6.07, 6.45) is 1.98. The molecule has 1 atom stereocenters. The molecule has 1 aromatic heterocycles. The maximum Gasteiger partial charge on any atom is 0.401 e. The molecule has 35 heavy (non-hydrogen) atoms. The monoisotopic (exact) mass is 473 g/mol. The van der Waals surface area contributed by atoms with Crippen LogP contribution in [0.1, 0.15) is 17.3 Å². The van der Waals surface area contributed by atoms with Crippen molar-refractivity contribution in [2.45, 2.75) is 26.1 Å². The van der Waals surface area contributed by atoms with E-state index in [1.165, 1.54) is 9.80 Å². The second-order valence-electron chi connectivity index (χ2n) is 9.36. The van der Waals surface area contributed by atoms with Crippen LogP contribution in [0, 0.1) is 6.92 Å². The van der Waals surface area contributed by atoms with Crippen molar-refractivity contribution in [3.8, 4) is 0 Å². The van der Waals surface area contributed by atoms with E-state index in [9.17, 15) is 9.59 Å². The number of nitrogens with zero attached hydrogens (tertiary/aromatic N) is 6. The molecule has 3 aromatic rings. The smallest absolute Gasteiger partial charge is 0.379 e. The third-order valence-electron chi connectivity index (χ3n) is 7.27. The average Bonchev–Trinajstić information content (AvgIpc) is 3.39. The second kappa shape index (κ2) is 8.58. The number of likely N-dealkylation sites (N-methyl/N-ethyl adjacent to an activating group) is 1. The molecule has 2 saturated heterocycles. The third-order valence-corrected chi connectivity index (χ3v) is 7.27. The van der Waals surface area contributed by atoms with Crippen molar-refractivity contribution < 1.29 is 18.9 Å². The first-order valence-electron chi connectivity index (χ1n) is 12.1. The van der Waals surface area contributed by atoms with Gasteiger partial charge in [-0.2, -0.15) is 0 Å². The highest BCUT2D eigenvalue weighted by Crippen LogP contribution is 2.31. The van der Waals surface area contributed by atoms with Gasteiger partial charge in [-0.25, -0.2) is 13.9 Å². The van der Waals surface area contributed by atoms with Crippen molar-refractivity contribution in [2.75, 3.05) is 39.9 Å². The van der Waals surface area contributed by atoms with E-state index in [0.29, 0.717) is 5.84 Å². The maximum atomic E-state index is 13.7. The number of imide groups is 1. The van der Waals surface area contributed by atoms with Crippen molar-refractivity contribution in [3.63, 3.8) is 0 Å². The van der Waals surface area contributed by atoms with E-state index >= 15 is 0 Å². The van der Waals surface area contributed by atoms with Crippen LogP contribution in [0.5, 0.6) is 0 Å². The lowest BCUT2D eigenvalue weighted by Crippen LogP contribution is -2.62. The van der Waals surface area contributed by atoms with Crippen LogP contribution in [0.2, 0.25) is 0 Å². The lowest BCUT2D eigenvalue weighted by molar-refractivity contribution is -0.677. The molecule has 2 aromatic carbocycles. The number of aliphatic imine (C=N–C) groups is 1. The molecule has 0 saturated carbocycles. The molecule has 9 heteroatoms. The summed E-state index contributed by atoms with van der Waals surface area (Å²) in [6.45, 7) is 7.28. The Kier molecular flexibility index (Phi) is 5.38. The molecule has 9 nitrogen and oxygen atoms in total. The predicted molar refractivity (Wildman–Crippen MR) is 130 cm³/mol. The number of amidine groups is 1. The van der Waals surface area contributed by atoms with Crippen LogP contribution in [0.4, 0.5) is 10.7 Å². The van der Waals surface area contributed by atoms with Gasteiger partial charge in [-0.3, -0.25) is 19.5 Å². The third kappa shape index (κ3) is 3.62. The minimum atomic E-state index is -0.633. The summed E-state index contributed by atoms with van der Waals surface area (Å²) in [5.41, 5.74) is 1.99. The summed E-state index contributed by atoms with van der Waals surface area (Å²) >= 11 is 0. The zero-order valence-electron chi connectivity index (χ0n) is 20.1. The first kappa shape index (κ1) is 21.9. The summed E-state index contributed by atoms with van der Waals surface area (Å²) in [4.78, 5) is 37.1. The van der Waals surface area contributed by atoms with Crippen LogP contribution in [-0.2, 0) is 22.6 Å². The van der Waals surface area contributed by atoms with Gasteiger partial charge in [-0.15, -0.1) is 0 Å². The Morgan fingerprint density at radius 3 is 2.66 bits per heavy atom. The van der Waals surface area contributed by atoms with Gasteiger partial charge >= 0.3 is 12.0 Å². The Morgan fingerprint density at radius 2 is 1.83 bits per heavy atom. The number of aryl methyl sites for hydroxylation is 1. The van der Waals surface area contributed by atoms with Crippen LogP contribution < -0.4 is 4.57 Å². The van der Waals surface area contributed by atoms with Crippen LogP contribution in [-0.4, -0.2) is 76.9 Å². The Hall–Kier alpha value is -3.56. The van der Waals surface area contributed by atoms with E-state index in [-0.39, 0.29) is 18.5 Å². The molecule has 0 aliphatic carbocycles. The number of rotatable bonds is 5. The van der Waals surface area contributed by atoms with E-state index in [1.807, 2.05) is 60.2 Å². The van der Waals surface area contributed by atoms with Crippen molar-refractivity contribution in [2.24, 2.45) is 4.99 Å². The van der Waals surface area contributed by atoms with Crippen molar-refractivity contribution in [1.82, 2.24) is 19.3 Å². The van der Waals surface area contributed by atoms with Crippen LogP contribution >= 0.6 is 0 Å². The standard InChI is InChI=1S/C26H29N6O3/c1-18-16-31-22-23(27-25(31)30(18)11-10-29-12-14-35-15-13-29)28(2)26(34)32(24(22)33)17-20-8-5-7-19-6-3-4-9-21(19)20/h3-9,16,22H,10-15,17H2,1-2H3/q+1. The number of aromatic nitrogens is 2. The van der Waals surface area contributed by atoms with Crippen LogP contribution in [0.15, 0.2) is 53.7 Å². The largest absolute Gasteiger partial charge is 0.401 e. The van der Waals surface area contributed by atoms with Gasteiger partial charge in [0.05, 0.1) is 26.3 Å². The maximum absolute atomic E-state index is 13.7. The lowest BCUT2D eigenvalue weighted by Gasteiger charge is -2.33. The number of hydrogen-bond donors (Lipinski definition) is 0. The highest BCUT2D eigenvalue weighted by Gasteiger charge is 2.53. The van der Waals surface area contributed by atoms with E-state index in [2.05, 4.69) is 9.47 Å². The Labute approximate surface area is 203 Å². The van der Waals surface area contributed by atoms with Gasteiger partial charge in [-0.05, 0) is 23.3 Å². The molecule has 3 aliphatic heterocycles. The normalized spacial score (nSPS) is 20.4. The molecule has 0 spiro atoms. The summed E-state index contributed by atoms with van der Waals surface area (Å²) in [5.74, 6) is 0.967. The van der Waals surface area contributed by atoms with Crippen molar-refractivity contribution in [1.29, 1.82) is 0 Å². The summed E-state index contributed by atoms with van der Waals surface area (Å²) in [7, 11) is 1.70. The van der Waals surface area contributed by atoms with Gasteiger partial charge in [-0.1, -0.05) is 47.5 Å². The fourth-order valence-corrected chi connectivity index (χ4v) is 5.32. The number of fused-ring (bicyclic) bond motifs is 4. The minimum absolute atomic E-state index is 0.222. The highest BCUT2D eigenvalue weighted by atomic mass is 16.5. The van der Waals surface area contributed by atoms with Gasteiger partial charge in [0.25, 0.3) is 5.91 Å². The van der Waals surface area contributed by atoms with Gasteiger partial charge in [0.1, 0.15) is 11.9 Å². The lowest BCUT2D eigenvalue weighted by atomic mass is 10.0. The first-order chi connectivity index (χ1) is 17.0. The number of hydrogen-bond acceptors (Lipinski definition) is 5. The highest BCUT2D eigenvalue weighted by molar-refractivity contribution is 6.19. The average molecular weight is 474 g/mol. The molecule has 180 valence electrons. The number of carbonyl (C=O) groups excluding carboxylic acids is 2. The van der Waals surface area contributed by atoms with Gasteiger partial charge in [0, 0.05) is 26.7 Å². The SMILES string of the molecule is Cc1c[n+]2c(n1CCN1CCOCC1)N=C1C2C(=O)N(Cc2cccc3ccccc23)C(=O)N1C. The summed E-state index contributed by atoms with van der Waals surface area (Å²) in [5, 5.41) is 2.13. The van der Waals surface area contributed by atoms with Crippen molar-refractivity contribution in [3.05, 3.63) is 59.9 Å². The topological polar surface area (TPSA) is 74.3 Å². The van der Waals surface area contributed by atoms with Crippen LogP contribution in [0.3, 0.4) is 0 Å². The molecule has 0 N–H and O–H groups in total. The number of ether oxygens (including phenoxy) is 1. The molecule has 0 bridgehead atoms. The van der Waals surface area contributed by atoms with Crippen molar-refractivity contribution >= 4 is 34.5 Å². The van der Waals surface area contributed by atoms with Gasteiger partial charge < -0.3 is 4.74 Å². The molecule has 6 rings (SSSR count). The molecule has 0 radical (unpaired) electrons. The number of morpholine rings is 1. The van der Waals surface area contributed by atoms with E-state index in [4.69, 9.17) is 9.73 Å². The molecular formula is C26H29N6O3+. The summed E-state index contributed by atoms with van der Waals surface area (Å²) in [6, 6.07) is 13.0. The molecule has 4 heterocycles. The molecule has 2 fully saturated rings. The number of benzene rings is 2. The molecule has 1 unspecified atom stereocenters. The van der Waals surface area contributed by atoms with Crippen LogP contribution in [0.25, 0.3) is 10.8 Å². The van der Waals surface area contributed by atoms with E-state index < -0.39 is 6.04 Å². The van der Waals surface area contributed by atoms with Gasteiger partial charge in [0.2, 0.25) is 11.9 Å². The number of carbonyl (C=O) groups is 2. The number of amides is 3. The first-order valence-corrected chi connectivity index (χ1v) is 12.1. The fraction of sp³-hybridized carbons (Fsp3) is 0.385. The summed E-state index contributed by atoms with van der Waals surface area (Å²) < 4.78 is 9.52. The number of imidazole rings is 1. The predicted octanol–water partition coefficient (Wildman–Crippen LogP) is 2.25. The molecular weight excluding hydrogens is 444 g/mol. The number of urea groups is 1. The minimum Gasteiger partial charge on any atom is -0.379 e. The van der Waals surface area contributed by atoms with E-state index in [1.54, 1.807) is 7.05 Å². The Morgan fingerprint density at radius 1 is 1.06 bits per heavy atom. The Balaban J connectivity index is 1.30. The van der Waals surface area contributed by atoms with Gasteiger partial charge in [0.15, 0.2) is 0 Å². The molecule has 3 aliphatic rings. The molecule has 3 amide bonds. The Bertz CT molecular complexity index is 1350. The van der Waals surface area contributed by atoms with E-state index in [0.717, 1.165) is 67.4 Å².